The first-order chi connectivity index (χ1) is 9.60. The lowest BCUT2D eigenvalue weighted by Crippen LogP contribution is -2.27. The zero-order valence-electron chi connectivity index (χ0n) is 11.3. The summed E-state index contributed by atoms with van der Waals surface area (Å²) in [5, 5.41) is 6.00. The Balaban J connectivity index is 2.06. The maximum atomic E-state index is 12.2. The van der Waals surface area contributed by atoms with Crippen LogP contribution in [0.25, 0.3) is 0 Å². The van der Waals surface area contributed by atoms with Crippen molar-refractivity contribution in [2.45, 2.75) is 19.9 Å². The van der Waals surface area contributed by atoms with Crippen LogP contribution in [0.5, 0.6) is 0 Å². The largest absolute Gasteiger partial charge is 0.370 e. The Morgan fingerprint density at radius 2 is 2.20 bits per heavy atom. The van der Waals surface area contributed by atoms with Crippen LogP contribution in [-0.4, -0.2) is 17.4 Å². The molecule has 0 saturated carbocycles. The molecule has 0 aliphatic heterocycles. The van der Waals surface area contributed by atoms with Gasteiger partial charge >= 0.3 is 0 Å². The standard InChI is InChI=1S/C14H16ClN3OS/c1-3-16-13-6-4-5-10(18-13)14(19)17-9(2)11-7-8-12(15)20-11/h4-9H,3H2,1-2H3,(H,16,18)(H,17,19). The maximum absolute atomic E-state index is 12.2. The maximum Gasteiger partial charge on any atom is 0.270 e. The molecule has 0 aliphatic carbocycles. The van der Waals surface area contributed by atoms with Crippen molar-refractivity contribution in [1.82, 2.24) is 10.3 Å². The fourth-order valence-corrected chi connectivity index (χ4v) is 2.81. The lowest BCUT2D eigenvalue weighted by Gasteiger charge is -2.12. The van der Waals surface area contributed by atoms with Crippen LogP contribution in [0.15, 0.2) is 30.3 Å². The average molecular weight is 310 g/mol. The second kappa shape index (κ2) is 6.72. The minimum Gasteiger partial charge on any atom is -0.370 e. The van der Waals surface area contributed by atoms with Gasteiger partial charge in [0, 0.05) is 11.4 Å². The number of nitrogens with one attached hydrogen (secondary N) is 2. The number of rotatable bonds is 5. The zero-order chi connectivity index (χ0) is 14.5. The summed E-state index contributed by atoms with van der Waals surface area (Å²) in [6.07, 6.45) is 0. The minimum absolute atomic E-state index is 0.0930. The van der Waals surface area contributed by atoms with Crippen LogP contribution in [0.2, 0.25) is 4.34 Å². The van der Waals surface area contributed by atoms with Crippen molar-refractivity contribution in [3.05, 3.63) is 45.2 Å². The fourth-order valence-electron chi connectivity index (χ4n) is 1.74. The number of amides is 1. The van der Waals surface area contributed by atoms with E-state index in [-0.39, 0.29) is 11.9 Å². The van der Waals surface area contributed by atoms with Gasteiger partial charge in [0.2, 0.25) is 0 Å². The van der Waals surface area contributed by atoms with Gasteiger partial charge in [-0.15, -0.1) is 11.3 Å². The predicted octanol–water partition coefficient (Wildman–Crippen LogP) is 3.72. The number of thiophene rings is 1. The van der Waals surface area contributed by atoms with Gasteiger partial charge < -0.3 is 10.6 Å². The van der Waals surface area contributed by atoms with Gasteiger partial charge in [-0.05, 0) is 38.1 Å². The van der Waals surface area contributed by atoms with Crippen molar-refractivity contribution < 1.29 is 4.79 Å². The van der Waals surface area contributed by atoms with E-state index in [2.05, 4.69) is 15.6 Å². The highest BCUT2D eigenvalue weighted by molar-refractivity contribution is 7.16. The fraction of sp³-hybridized carbons (Fsp3) is 0.286. The van der Waals surface area contributed by atoms with Crippen molar-refractivity contribution in [2.75, 3.05) is 11.9 Å². The molecule has 1 atom stereocenters. The number of carbonyl (C=O) groups is 1. The minimum atomic E-state index is -0.193. The smallest absolute Gasteiger partial charge is 0.270 e. The van der Waals surface area contributed by atoms with Crippen LogP contribution >= 0.6 is 22.9 Å². The van der Waals surface area contributed by atoms with Crippen LogP contribution < -0.4 is 10.6 Å². The molecular formula is C14H16ClN3OS. The average Bonchev–Trinajstić information content (AvgIpc) is 2.86. The number of hydrogen-bond acceptors (Lipinski definition) is 4. The third-order valence-corrected chi connectivity index (χ3v) is 4.12. The summed E-state index contributed by atoms with van der Waals surface area (Å²) in [4.78, 5) is 17.5. The molecule has 0 aliphatic rings. The Labute approximate surface area is 127 Å². The van der Waals surface area contributed by atoms with E-state index in [9.17, 15) is 4.79 Å². The number of nitrogens with zero attached hydrogens (tertiary/aromatic N) is 1. The highest BCUT2D eigenvalue weighted by Crippen LogP contribution is 2.26. The molecule has 0 aromatic carbocycles. The molecule has 1 unspecified atom stereocenters. The van der Waals surface area contributed by atoms with Gasteiger partial charge in [-0.25, -0.2) is 4.98 Å². The van der Waals surface area contributed by atoms with Gasteiger partial charge in [0.15, 0.2) is 0 Å². The lowest BCUT2D eigenvalue weighted by atomic mass is 10.2. The summed E-state index contributed by atoms with van der Waals surface area (Å²) in [6.45, 7) is 4.67. The van der Waals surface area contributed by atoms with E-state index in [1.54, 1.807) is 6.07 Å². The molecule has 2 heterocycles. The van der Waals surface area contributed by atoms with Gasteiger partial charge in [0.1, 0.15) is 11.5 Å². The second-order valence-electron chi connectivity index (χ2n) is 4.28. The zero-order valence-corrected chi connectivity index (χ0v) is 12.9. The van der Waals surface area contributed by atoms with E-state index in [0.717, 1.165) is 11.4 Å². The number of halogens is 1. The first-order valence-electron chi connectivity index (χ1n) is 6.37. The van der Waals surface area contributed by atoms with E-state index in [1.807, 2.05) is 38.1 Å². The summed E-state index contributed by atoms with van der Waals surface area (Å²) in [5.74, 6) is 0.508. The molecule has 0 radical (unpaired) electrons. The molecule has 0 fully saturated rings. The molecule has 2 aromatic heterocycles. The second-order valence-corrected chi connectivity index (χ2v) is 6.02. The molecule has 2 N–H and O–H groups in total. The van der Waals surface area contributed by atoms with Gasteiger partial charge in [-0.1, -0.05) is 17.7 Å². The summed E-state index contributed by atoms with van der Waals surface area (Å²) >= 11 is 7.36. The SMILES string of the molecule is CCNc1cccc(C(=O)NC(C)c2ccc(Cl)s2)n1. The Bertz CT molecular complexity index is 600. The Morgan fingerprint density at radius 1 is 1.40 bits per heavy atom. The van der Waals surface area contributed by atoms with E-state index < -0.39 is 0 Å². The molecule has 2 rings (SSSR count). The topological polar surface area (TPSA) is 54.0 Å². The number of hydrogen-bond donors (Lipinski definition) is 2. The van der Waals surface area contributed by atoms with Gasteiger partial charge in [0.05, 0.1) is 10.4 Å². The van der Waals surface area contributed by atoms with Crippen LogP contribution in [-0.2, 0) is 0 Å². The third-order valence-electron chi connectivity index (χ3n) is 2.71. The summed E-state index contributed by atoms with van der Waals surface area (Å²) in [6, 6.07) is 9.00. The number of aromatic nitrogens is 1. The highest BCUT2D eigenvalue weighted by atomic mass is 35.5. The molecule has 20 heavy (non-hydrogen) atoms. The molecule has 0 bridgehead atoms. The quantitative estimate of drug-likeness (QED) is 0.885. The van der Waals surface area contributed by atoms with Crippen LogP contribution in [0, 0.1) is 0 Å². The predicted molar refractivity (Wildman–Crippen MR) is 83.6 cm³/mol. The monoisotopic (exact) mass is 309 g/mol. The number of carbonyl (C=O) groups excluding carboxylic acids is 1. The van der Waals surface area contributed by atoms with Crippen molar-refractivity contribution in [2.24, 2.45) is 0 Å². The molecule has 4 nitrogen and oxygen atoms in total. The third kappa shape index (κ3) is 3.71. The van der Waals surface area contributed by atoms with Crippen molar-refractivity contribution >= 4 is 34.7 Å². The van der Waals surface area contributed by atoms with E-state index in [1.165, 1.54) is 11.3 Å². The molecule has 0 saturated heterocycles. The highest BCUT2D eigenvalue weighted by Gasteiger charge is 2.14. The van der Waals surface area contributed by atoms with E-state index in [4.69, 9.17) is 11.6 Å². The molecule has 2 aromatic rings. The molecule has 6 heteroatoms. The van der Waals surface area contributed by atoms with E-state index in [0.29, 0.717) is 15.8 Å². The normalized spacial score (nSPS) is 11.9. The van der Waals surface area contributed by atoms with Crippen LogP contribution in [0.1, 0.15) is 35.3 Å². The summed E-state index contributed by atoms with van der Waals surface area (Å²) in [5.41, 5.74) is 0.401. The van der Waals surface area contributed by atoms with Crippen molar-refractivity contribution in [3.63, 3.8) is 0 Å². The first-order valence-corrected chi connectivity index (χ1v) is 7.56. The van der Waals surface area contributed by atoms with Crippen LogP contribution in [0.3, 0.4) is 0 Å². The van der Waals surface area contributed by atoms with E-state index >= 15 is 0 Å². The Morgan fingerprint density at radius 3 is 2.85 bits per heavy atom. The van der Waals surface area contributed by atoms with Crippen LogP contribution in [0.4, 0.5) is 5.82 Å². The Kier molecular flexibility index (Phi) is 4.98. The summed E-state index contributed by atoms with van der Waals surface area (Å²) < 4.78 is 0.716. The van der Waals surface area contributed by atoms with Gasteiger partial charge in [0.25, 0.3) is 5.91 Å². The number of pyridine rings is 1. The molecule has 0 spiro atoms. The number of anilines is 1. The first kappa shape index (κ1) is 14.8. The van der Waals surface area contributed by atoms with Gasteiger partial charge in [-0.3, -0.25) is 4.79 Å². The van der Waals surface area contributed by atoms with Crippen molar-refractivity contribution in [1.29, 1.82) is 0 Å². The molecule has 1 amide bonds. The van der Waals surface area contributed by atoms with Crippen molar-refractivity contribution in [3.8, 4) is 0 Å². The Hall–Kier alpha value is -1.59. The summed E-state index contributed by atoms with van der Waals surface area (Å²) in [7, 11) is 0. The lowest BCUT2D eigenvalue weighted by molar-refractivity contribution is 0.0935. The van der Waals surface area contributed by atoms with Gasteiger partial charge in [-0.2, -0.15) is 0 Å². The molecular weight excluding hydrogens is 294 g/mol. The molecule has 106 valence electrons.